The average Bonchev–Trinajstić information content (AvgIpc) is 4.15. The molecule has 2 aromatic heterocycles. The molecule has 0 saturated carbocycles. The van der Waals surface area contributed by atoms with Crippen LogP contribution in [0, 0.1) is 11.8 Å². The fraction of sp³-hybridized carbons (Fsp3) is 0.347. The van der Waals surface area contributed by atoms with Crippen LogP contribution in [0.2, 0.25) is 0 Å². The Kier molecular flexibility index (Phi) is 11.8. The number of methoxy groups -OCH3 is 3. The summed E-state index contributed by atoms with van der Waals surface area (Å²) in [5, 5.41) is 7.30. The third-order valence-corrected chi connectivity index (χ3v) is 12.9. The fourth-order valence-corrected chi connectivity index (χ4v) is 9.51. The average molecular weight is 881 g/mol. The molecule has 5 heterocycles. The predicted molar refractivity (Wildman–Crippen MR) is 242 cm³/mol. The number of benzene rings is 4. The minimum atomic E-state index is -0.904. The van der Waals surface area contributed by atoms with E-state index in [9.17, 15) is 19.2 Å². The van der Waals surface area contributed by atoms with E-state index >= 15 is 0 Å². The Morgan fingerprint density at radius 2 is 1.68 bits per heavy atom. The highest BCUT2D eigenvalue weighted by Gasteiger charge is 2.44. The van der Waals surface area contributed by atoms with Gasteiger partial charge >= 0.3 is 12.2 Å². The van der Waals surface area contributed by atoms with Gasteiger partial charge in [-0.3, -0.25) is 9.59 Å². The maximum atomic E-state index is 14.2. The van der Waals surface area contributed by atoms with E-state index in [0.717, 1.165) is 73.9 Å². The minimum Gasteiger partial charge on any atom is -0.488 e. The molecule has 0 aliphatic carbocycles. The topological polar surface area (TPSA) is 193 Å². The summed E-state index contributed by atoms with van der Waals surface area (Å²) < 4.78 is 21.7. The van der Waals surface area contributed by atoms with Crippen molar-refractivity contribution < 1.29 is 38.1 Å². The van der Waals surface area contributed by atoms with E-state index < -0.39 is 30.3 Å². The maximum Gasteiger partial charge on any atom is 0.407 e. The molecule has 2 fully saturated rings. The van der Waals surface area contributed by atoms with E-state index in [1.54, 1.807) is 23.1 Å². The summed E-state index contributed by atoms with van der Waals surface area (Å²) in [5.74, 6) is 1.16. The van der Waals surface area contributed by atoms with Crippen molar-refractivity contribution in [2.75, 3.05) is 41.0 Å². The van der Waals surface area contributed by atoms with E-state index in [1.165, 1.54) is 14.2 Å². The van der Waals surface area contributed by atoms with Crippen molar-refractivity contribution in [2.45, 2.75) is 57.5 Å². The maximum absolute atomic E-state index is 14.2. The molecule has 4 amide bonds. The first kappa shape index (κ1) is 43.1. The van der Waals surface area contributed by atoms with E-state index in [4.69, 9.17) is 28.9 Å². The van der Waals surface area contributed by atoms with Gasteiger partial charge in [0.25, 0.3) is 5.91 Å². The molecular weight excluding hydrogens is 829 g/mol. The van der Waals surface area contributed by atoms with Crippen LogP contribution in [0.25, 0.3) is 44.2 Å². The van der Waals surface area contributed by atoms with Crippen LogP contribution >= 0.6 is 0 Å². The Balaban J connectivity index is 0.978. The summed E-state index contributed by atoms with van der Waals surface area (Å²) in [5.41, 5.74) is 7.77. The Morgan fingerprint density at radius 1 is 0.892 bits per heavy atom. The highest BCUT2D eigenvalue weighted by Crippen LogP contribution is 2.45. The molecular formula is C49H52N8O8. The standard InChI is InChI=1S/C49H52N8O8/c1-26(2)40(54-48(60)63-5)46(58)57-23-32(24-62-4)27(3)43(57)45-51-36-17-15-29-20-35-33-16-14-30(19-31(33)25-65-39(35)21-34(29)42(36)53-45)37-22-50-44(52-37)38-13-10-18-56(38)47(59)41(55-49(61)64-6)28-11-8-7-9-12-28/h7-9,11-12,14-17,19-22,26,32,38,40-41,43H,3,10,13,18,23-25H2,1-2,4-6H3,(H,50,52)(H,51,53)(H,54,60)(H,55,61)/t32-,38-,40-,41+,43-/m0/s1. The lowest BCUT2D eigenvalue weighted by Gasteiger charge is -2.30. The third kappa shape index (κ3) is 8.02. The number of imidazole rings is 2. The van der Waals surface area contributed by atoms with Crippen LogP contribution in [0.15, 0.2) is 91.1 Å². The first-order chi connectivity index (χ1) is 31.5. The molecule has 9 rings (SSSR count). The normalized spacial score (nSPS) is 18.9. The van der Waals surface area contributed by atoms with Gasteiger partial charge in [0.1, 0.15) is 42.1 Å². The van der Waals surface area contributed by atoms with Crippen molar-refractivity contribution >= 4 is 45.8 Å². The third-order valence-electron chi connectivity index (χ3n) is 12.9. The number of likely N-dealkylation sites (tertiary alicyclic amines) is 2. The van der Waals surface area contributed by atoms with Crippen LogP contribution in [-0.4, -0.2) is 101 Å². The van der Waals surface area contributed by atoms with Gasteiger partial charge in [-0.2, -0.15) is 0 Å². The smallest absolute Gasteiger partial charge is 0.407 e. The van der Waals surface area contributed by atoms with Crippen LogP contribution in [0.4, 0.5) is 9.59 Å². The van der Waals surface area contributed by atoms with Crippen molar-refractivity contribution in [2.24, 2.45) is 11.8 Å². The summed E-state index contributed by atoms with van der Waals surface area (Å²) >= 11 is 0. The van der Waals surface area contributed by atoms with Gasteiger partial charge < -0.3 is 49.3 Å². The number of hydrogen-bond donors (Lipinski definition) is 4. The van der Waals surface area contributed by atoms with Crippen molar-refractivity contribution in [3.05, 3.63) is 114 Å². The fourth-order valence-electron chi connectivity index (χ4n) is 9.51. The number of rotatable bonds is 11. The second-order valence-corrected chi connectivity index (χ2v) is 17.1. The summed E-state index contributed by atoms with van der Waals surface area (Å²) in [6.45, 7) is 9.79. The number of hydrogen-bond acceptors (Lipinski definition) is 10. The molecule has 2 saturated heterocycles. The lowest BCUT2D eigenvalue weighted by Crippen LogP contribution is -2.51. The molecule has 6 aromatic rings. The molecule has 4 aromatic carbocycles. The highest BCUT2D eigenvalue weighted by molar-refractivity contribution is 6.07. The quantitative estimate of drug-likeness (QED) is 0.0947. The first-order valence-electron chi connectivity index (χ1n) is 21.8. The zero-order valence-corrected chi connectivity index (χ0v) is 37.0. The number of fused-ring (bicyclic) bond motifs is 6. The summed E-state index contributed by atoms with van der Waals surface area (Å²) in [7, 11) is 4.17. The van der Waals surface area contributed by atoms with Crippen LogP contribution in [0.1, 0.15) is 67.6 Å². The lowest BCUT2D eigenvalue weighted by molar-refractivity contribution is -0.135. The number of aromatic nitrogens is 4. The molecule has 3 aliphatic rings. The number of aromatic amines is 2. The molecule has 0 radical (unpaired) electrons. The largest absolute Gasteiger partial charge is 0.488 e. The van der Waals surface area contributed by atoms with Crippen molar-refractivity contribution in [1.29, 1.82) is 0 Å². The number of nitrogens with zero attached hydrogens (tertiary/aromatic N) is 4. The Morgan fingerprint density at radius 3 is 2.43 bits per heavy atom. The van der Waals surface area contributed by atoms with Crippen LogP contribution < -0.4 is 15.4 Å². The second kappa shape index (κ2) is 17.8. The Bertz CT molecular complexity index is 2820. The molecule has 336 valence electrons. The number of alkyl carbamates (subject to hydrolysis) is 2. The van der Waals surface area contributed by atoms with E-state index in [1.807, 2.05) is 56.3 Å². The van der Waals surface area contributed by atoms with Crippen LogP contribution in [0.3, 0.4) is 0 Å². The Labute approximate surface area is 375 Å². The molecule has 3 aliphatic heterocycles. The van der Waals surface area contributed by atoms with Crippen molar-refractivity contribution in [3.8, 4) is 28.1 Å². The number of carbonyl (C=O) groups is 4. The highest BCUT2D eigenvalue weighted by atomic mass is 16.5. The molecule has 0 unspecified atom stereocenters. The van der Waals surface area contributed by atoms with E-state index in [-0.39, 0.29) is 29.7 Å². The van der Waals surface area contributed by atoms with Crippen LogP contribution in [-0.2, 0) is 30.4 Å². The minimum absolute atomic E-state index is 0.133. The molecule has 16 nitrogen and oxygen atoms in total. The number of carbonyl (C=O) groups excluding carboxylic acids is 4. The predicted octanol–water partition coefficient (Wildman–Crippen LogP) is 7.51. The molecule has 16 heteroatoms. The SMILES string of the molecule is C=C1[C@H](COC)CN(C(=O)[C@@H](NC(=O)OC)C(C)C)[C@@H]1c1nc2c(ccc3cc4c(cc32)OCc2cc(-c3cnc([C@@H]5CCCN5C(=O)[C@H](NC(=O)OC)c5ccccc5)[nH]3)ccc2-4)[nH]1. The van der Waals surface area contributed by atoms with Gasteiger partial charge in [-0.15, -0.1) is 0 Å². The Hall–Kier alpha value is -7.20. The monoisotopic (exact) mass is 880 g/mol. The van der Waals surface area contributed by atoms with Gasteiger partial charge in [-0.05, 0) is 76.2 Å². The summed E-state index contributed by atoms with van der Waals surface area (Å²) in [6, 6.07) is 21.0. The zero-order valence-electron chi connectivity index (χ0n) is 37.0. The first-order valence-corrected chi connectivity index (χ1v) is 21.8. The lowest BCUT2D eigenvalue weighted by atomic mass is 9.92. The van der Waals surface area contributed by atoms with Crippen LogP contribution in [0.5, 0.6) is 5.75 Å². The summed E-state index contributed by atoms with van der Waals surface area (Å²) in [6.07, 6.45) is 1.96. The molecule has 4 N–H and O–H groups in total. The zero-order chi connectivity index (χ0) is 45.5. The van der Waals surface area contributed by atoms with Gasteiger partial charge in [0.05, 0.1) is 49.8 Å². The molecule has 5 atom stereocenters. The summed E-state index contributed by atoms with van der Waals surface area (Å²) in [4.78, 5) is 73.2. The number of H-pyrrole nitrogens is 2. The van der Waals surface area contributed by atoms with Gasteiger partial charge in [0.2, 0.25) is 5.91 Å². The van der Waals surface area contributed by atoms with Gasteiger partial charge in [0, 0.05) is 37.1 Å². The van der Waals surface area contributed by atoms with Gasteiger partial charge in [-0.25, -0.2) is 19.6 Å². The van der Waals surface area contributed by atoms with Gasteiger partial charge in [-0.1, -0.05) is 69.0 Å². The van der Waals surface area contributed by atoms with E-state index in [0.29, 0.717) is 43.5 Å². The van der Waals surface area contributed by atoms with Crippen molar-refractivity contribution in [3.63, 3.8) is 0 Å². The van der Waals surface area contributed by atoms with Gasteiger partial charge in [0.15, 0.2) is 0 Å². The van der Waals surface area contributed by atoms with Crippen molar-refractivity contribution in [1.82, 2.24) is 40.4 Å². The molecule has 0 bridgehead atoms. The number of nitrogens with one attached hydrogen (secondary N) is 4. The number of amides is 4. The van der Waals surface area contributed by atoms with E-state index in [2.05, 4.69) is 57.5 Å². The second-order valence-electron chi connectivity index (χ2n) is 17.1. The molecule has 0 spiro atoms. The number of ether oxygens (including phenoxy) is 4. The molecule has 65 heavy (non-hydrogen) atoms.